The van der Waals surface area contributed by atoms with E-state index in [9.17, 15) is 4.79 Å². The average molecular weight is 392 g/mol. The molecule has 0 bridgehead atoms. The zero-order chi connectivity index (χ0) is 19.6. The van der Waals surface area contributed by atoms with Gasteiger partial charge in [0.2, 0.25) is 0 Å². The number of hydrogen-bond donors (Lipinski definition) is 0. The van der Waals surface area contributed by atoms with Crippen LogP contribution in [-0.4, -0.2) is 47.6 Å². The normalized spacial score (nSPS) is 18.0. The molecule has 0 amide bonds. The number of hydrogen-bond acceptors (Lipinski definition) is 7. The molecule has 1 aliphatic heterocycles. The van der Waals surface area contributed by atoms with Gasteiger partial charge in [-0.25, -0.2) is 24.3 Å². The van der Waals surface area contributed by atoms with Crippen molar-refractivity contribution < 1.29 is 0 Å². The van der Waals surface area contributed by atoms with Gasteiger partial charge >= 0.3 is 0 Å². The molecule has 0 aromatic carbocycles. The minimum Gasteiger partial charge on any atom is -0.356 e. The molecule has 4 heterocycles. The van der Waals surface area contributed by atoms with Crippen molar-refractivity contribution in [2.75, 3.05) is 18.0 Å². The summed E-state index contributed by atoms with van der Waals surface area (Å²) >= 11 is 0. The van der Waals surface area contributed by atoms with Crippen molar-refractivity contribution in [2.45, 2.75) is 44.6 Å². The van der Waals surface area contributed by atoms with E-state index in [2.05, 4.69) is 25.1 Å². The molecule has 3 aromatic heterocycles. The summed E-state index contributed by atoms with van der Waals surface area (Å²) in [6.45, 7) is 2.49. The summed E-state index contributed by atoms with van der Waals surface area (Å²) in [7, 11) is 0. The van der Waals surface area contributed by atoms with E-state index < -0.39 is 0 Å². The highest BCUT2D eigenvalue weighted by atomic mass is 16.1. The van der Waals surface area contributed by atoms with Crippen LogP contribution in [0.2, 0.25) is 0 Å². The van der Waals surface area contributed by atoms with Gasteiger partial charge in [-0.3, -0.25) is 4.79 Å². The molecule has 150 valence electrons. The van der Waals surface area contributed by atoms with Crippen LogP contribution < -0.4 is 10.5 Å². The Morgan fingerprint density at radius 2 is 1.90 bits per heavy atom. The second-order valence-corrected chi connectivity index (χ2v) is 7.88. The van der Waals surface area contributed by atoms with E-state index in [-0.39, 0.29) is 5.56 Å². The fraction of sp³-hybridized carbons (Fsp3) is 0.500. The van der Waals surface area contributed by atoms with Gasteiger partial charge in [-0.2, -0.15) is 5.10 Å². The Bertz CT molecular complexity index is 1020. The molecule has 2 fully saturated rings. The van der Waals surface area contributed by atoms with Crippen molar-refractivity contribution in [1.29, 1.82) is 0 Å². The van der Waals surface area contributed by atoms with Crippen LogP contribution in [0.1, 0.15) is 43.8 Å². The quantitative estimate of drug-likeness (QED) is 0.653. The maximum Gasteiger partial charge on any atom is 0.266 e. The molecule has 1 saturated heterocycles. The van der Waals surface area contributed by atoms with Crippen LogP contribution in [0, 0.1) is 5.92 Å². The topological polar surface area (TPSA) is 94.6 Å². The summed E-state index contributed by atoms with van der Waals surface area (Å²) in [5.74, 6) is 3.59. The number of nitrogens with zero attached hydrogens (tertiary/aromatic N) is 8. The molecular weight excluding hydrogens is 368 g/mol. The molecule has 9 heteroatoms. The van der Waals surface area contributed by atoms with Crippen LogP contribution in [-0.2, 0) is 6.54 Å². The van der Waals surface area contributed by atoms with Gasteiger partial charge in [0.05, 0.1) is 0 Å². The molecule has 1 aliphatic carbocycles. The van der Waals surface area contributed by atoms with Gasteiger partial charge in [0.15, 0.2) is 5.82 Å². The van der Waals surface area contributed by atoms with Crippen LogP contribution in [0.3, 0.4) is 0 Å². The van der Waals surface area contributed by atoms with Crippen LogP contribution >= 0.6 is 0 Å². The zero-order valence-corrected chi connectivity index (χ0v) is 16.3. The highest BCUT2D eigenvalue weighted by Gasteiger charge is 2.25. The van der Waals surface area contributed by atoms with E-state index in [1.807, 2.05) is 12.3 Å². The Balaban J connectivity index is 1.24. The van der Waals surface area contributed by atoms with Crippen molar-refractivity contribution >= 4 is 5.82 Å². The molecule has 0 atom stereocenters. The van der Waals surface area contributed by atoms with Crippen LogP contribution in [0.15, 0.2) is 41.8 Å². The molecule has 0 unspecified atom stereocenters. The largest absolute Gasteiger partial charge is 0.356 e. The Hall–Kier alpha value is -3.10. The fourth-order valence-corrected chi connectivity index (χ4v) is 4.01. The first-order chi connectivity index (χ1) is 14.3. The number of rotatable bonds is 5. The second kappa shape index (κ2) is 7.73. The summed E-state index contributed by atoms with van der Waals surface area (Å²) in [6.07, 6.45) is 10.6. The average Bonchev–Trinajstić information content (AvgIpc) is 3.24. The number of aromatic nitrogens is 7. The van der Waals surface area contributed by atoms with E-state index in [1.54, 1.807) is 27.8 Å². The van der Waals surface area contributed by atoms with Gasteiger partial charge in [-0.05, 0) is 43.7 Å². The van der Waals surface area contributed by atoms with Crippen LogP contribution in [0.4, 0.5) is 5.82 Å². The van der Waals surface area contributed by atoms with Crippen molar-refractivity contribution in [3.05, 3.63) is 53.2 Å². The van der Waals surface area contributed by atoms with Crippen molar-refractivity contribution in [2.24, 2.45) is 5.92 Å². The van der Waals surface area contributed by atoms with Crippen LogP contribution in [0.25, 0.3) is 5.82 Å². The lowest BCUT2D eigenvalue weighted by atomic mass is 9.85. The lowest BCUT2D eigenvalue weighted by Crippen LogP contribution is -2.37. The molecule has 0 radical (unpaired) electrons. The zero-order valence-electron chi connectivity index (χ0n) is 16.3. The van der Waals surface area contributed by atoms with Gasteiger partial charge in [0.1, 0.15) is 24.3 Å². The lowest BCUT2D eigenvalue weighted by Gasteiger charge is -2.33. The Morgan fingerprint density at radius 1 is 1.03 bits per heavy atom. The van der Waals surface area contributed by atoms with Gasteiger partial charge in [-0.1, -0.05) is 6.42 Å². The van der Waals surface area contributed by atoms with E-state index in [0.717, 1.165) is 37.6 Å². The highest BCUT2D eigenvalue weighted by molar-refractivity contribution is 5.38. The maximum absolute atomic E-state index is 12.3. The molecule has 5 rings (SSSR count). The minimum absolute atomic E-state index is 0.0859. The molecule has 9 nitrogen and oxygen atoms in total. The number of anilines is 1. The summed E-state index contributed by atoms with van der Waals surface area (Å²) in [4.78, 5) is 27.8. The number of piperidine rings is 1. The minimum atomic E-state index is -0.0859. The third-order valence-corrected chi connectivity index (χ3v) is 6.01. The van der Waals surface area contributed by atoms with Crippen molar-refractivity contribution in [3.8, 4) is 5.82 Å². The van der Waals surface area contributed by atoms with Crippen molar-refractivity contribution in [1.82, 2.24) is 34.5 Å². The lowest BCUT2D eigenvalue weighted by molar-refractivity contribution is 0.333. The third kappa shape index (κ3) is 3.76. The molecule has 0 N–H and O–H groups in total. The third-order valence-electron chi connectivity index (χ3n) is 6.01. The Morgan fingerprint density at radius 3 is 2.62 bits per heavy atom. The molecule has 2 aliphatic rings. The first kappa shape index (κ1) is 18.0. The predicted octanol–water partition coefficient (Wildman–Crippen LogP) is 1.80. The van der Waals surface area contributed by atoms with Gasteiger partial charge < -0.3 is 4.90 Å². The Kier molecular flexibility index (Phi) is 4.79. The van der Waals surface area contributed by atoms with E-state index in [0.29, 0.717) is 24.2 Å². The molecule has 1 saturated carbocycles. The highest BCUT2D eigenvalue weighted by Crippen LogP contribution is 2.35. The summed E-state index contributed by atoms with van der Waals surface area (Å²) < 4.78 is 3.12. The first-order valence-electron chi connectivity index (χ1n) is 10.3. The molecule has 3 aromatic rings. The van der Waals surface area contributed by atoms with Gasteiger partial charge in [-0.15, -0.1) is 5.10 Å². The SMILES string of the molecule is O=c1ccc(-n2cncn2)nn1CC1CCN(c2ccnc(C3CCC3)n2)CC1. The maximum atomic E-state index is 12.3. The smallest absolute Gasteiger partial charge is 0.266 e. The van der Waals surface area contributed by atoms with E-state index in [1.165, 1.54) is 25.6 Å². The summed E-state index contributed by atoms with van der Waals surface area (Å²) in [5.41, 5.74) is -0.0859. The molecule has 0 spiro atoms. The molecular formula is C20H24N8O. The summed E-state index contributed by atoms with van der Waals surface area (Å²) in [6, 6.07) is 5.23. The van der Waals surface area contributed by atoms with E-state index >= 15 is 0 Å². The van der Waals surface area contributed by atoms with E-state index in [4.69, 9.17) is 4.98 Å². The van der Waals surface area contributed by atoms with Crippen molar-refractivity contribution in [3.63, 3.8) is 0 Å². The first-order valence-corrected chi connectivity index (χ1v) is 10.3. The fourth-order valence-electron chi connectivity index (χ4n) is 4.01. The Labute approximate surface area is 168 Å². The van der Waals surface area contributed by atoms with Gasteiger partial charge in [0, 0.05) is 37.8 Å². The molecule has 29 heavy (non-hydrogen) atoms. The standard InChI is InChI=1S/C20H24N8O/c29-19-5-4-18(28-14-21-13-23-28)25-27(19)12-15-7-10-26(11-8-15)17-6-9-22-20(24-17)16-2-1-3-16/h4-6,9,13-16H,1-3,7-8,10-12H2. The second-order valence-electron chi connectivity index (χ2n) is 7.88. The van der Waals surface area contributed by atoms with Gasteiger partial charge in [0.25, 0.3) is 5.56 Å². The predicted molar refractivity (Wildman–Crippen MR) is 107 cm³/mol. The monoisotopic (exact) mass is 392 g/mol. The summed E-state index contributed by atoms with van der Waals surface area (Å²) in [5, 5.41) is 8.55. The van der Waals surface area contributed by atoms with Crippen LogP contribution in [0.5, 0.6) is 0 Å².